The molecule has 1 aliphatic heterocycles. The lowest BCUT2D eigenvalue weighted by molar-refractivity contribution is -0.136. The van der Waals surface area contributed by atoms with Gasteiger partial charge in [-0.05, 0) is 43.9 Å². The third-order valence-corrected chi connectivity index (χ3v) is 4.79. The van der Waals surface area contributed by atoms with E-state index < -0.39 is 0 Å². The van der Waals surface area contributed by atoms with Crippen LogP contribution >= 0.6 is 0 Å². The van der Waals surface area contributed by atoms with Gasteiger partial charge in [-0.2, -0.15) is 0 Å². The van der Waals surface area contributed by atoms with Gasteiger partial charge in [0.15, 0.2) is 0 Å². The van der Waals surface area contributed by atoms with Crippen LogP contribution in [0, 0.1) is 6.92 Å². The Balaban J connectivity index is 1.81. The second-order valence-electron chi connectivity index (χ2n) is 6.25. The van der Waals surface area contributed by atoms with Crippen LogP contribution in [0.3, 0.4) is 0 Å². The second kappa shape index (κ2) is 6.71. The van der Waals surface area contributed by atoms with E-state index >= 15 is 0 Å². The summed E-state index contributed by atoms with van der Waals surface area (Å²) < 4.78 is 7.32. The number of rotatable bonds is 4. The molecule has 0 bridgehead atoms. The quantitative estimate of drug-likeness (QED) is 0.871. The minimum absolute atomic E-state index is 0.0893. The number of amides is 1. The normalized spacial score (nSPS) is 16.2. The number of piperidine rings is 1. The standard InChI is InChI=1S/C18H25N3O2/c1-4-14-5-6-16-17(11-14)21(13(2)19-16)15-7-9-20(10-8-15)18(22)12-23-3/h5-6,11,15H,4,7-10,12H2,1-3H3. The largest absolute Gasteiger partial charge is 0.375 e. The minimum atomic E-state index is 0.0893. The van der Waals surface area contributed by atoms with Gasteiger partial charge in [-0.3, -0.25) is 4.79 Å². The Labute approximate surface area is 137 Å². The third-order valence-electron chi connectivity index (χ3n) is 4.79. The number of nitrogens with zero attached hydrogens (tertiary/aromatic N) is 3. The van der Waals surface area contributed by atoms with Gasteiger partial charge < -0.3 is 14.2 Å². The summed E-state index contributed by atoms with van der Waals surface area (Å²) in [5.41, 5.74) is 3.63. The van der Waals surface area contributed by atoms with Crippen LogP contribution in [0.5, 0.6) is 0 Å². The van der Waals surface area contributed by atoms with Crippen LogP contribution in [0.1, 0.15) is 37.2 Å². The van der Waals surface area contributed by atoms with Crippen LogP contribution in [0.4, 0.5) is 0 Å². The minimum Gasteiger partial charge on any atom is -0.375 e. The van der Waals surface area contributed by atoms with Crippen molar-refractivity contribution in [1.29, 1.82) is 0 Å². The molecule has 1 aliphatic rings. The van der Waals surface area contributed by atoms with Crippen molar-refractivity contribution >= 4 is 16.9 Å². The number of carbonyl (C=O) groups is 1. The molecule has 5 nitrogen and oxygen atoms in total. The Hall–Kier alpha value is -1.88. The van der Waals surface area contributed by atoms with E-state index in [1.54, 1.807) is 7.11 Å². The molecule has 2 heterocycles. The summed E-state index contributed by atoms with van der Waals surface area (Å²) in [5, 5.41) is 0. The van der Waals surface area contributed by atoms with E-state index in [0.29, 0.717) is 6.04 Å². The van der Waals surface area contributed by atoms with Gasteiger partial charge in [0.2, 0.25) is 5.91 Å². The maximum absolute atomic E-state index is 11.9. The zero-order valence-electron chi connectivity index (χ0n) is 14.2. The SMILES string of the molecule is CCc1ccc2nc(C)n(C3CCN(C(=O)COC)CC3)c2c1. The van der Waals surface area contributed by atoms with Gasteiger partial charge >= 0.3 is 0 Å². The number of ether oxygens (including phenoxy) is 1. The number of aromatic nitrogens is 2. The summed E-state index contributed by atoms with van der Waals surface area (Å²) >= 11 is 0. The summed E-state index contributed by atoms with van der Waals surface area (Å²) in [7, 11) is 1.57. The van der Waals surface area contributed by atoms with Crippen molar-refractivity contribution in [3.8, 4) is 0 Å². The highest BCUT2D eigenvalue weighted by molar-refractivity contribution is 5.78. The van der Waals surface area contributed by atoms with E-state index in [4.69, 9.17) is 9.72 Å². The van der Waals surface area contributed by atoms with E-state index in [9.17, 15) is 4.79 Å². The van der Waals surface area contributed by atoms with Crippen molar-refractivity contribution in [3.05, 3.63) is 29.6 Å². The van der Waals surface area contributed by atoms with Crippen molar-refractivity contribution in [2.45, 2.75) is 39.2 Å². The van der Waals surface area contributed by atoms with Crippen molar-refractivity contribution < 1.29 is 9.53 Å². The van der Waals surface area contributed by atoms with E-state index in [1.807, 2.05) is 4.90 Å². The molecule has 1 saturated heterocycles. The molecule has 2 aromatic rings. The molecule has 0 atom stereocenters. The van der Waals surface area contributed by atoms with Crippen molar-refractivity contribution in [2.75, 3.05) is 26.8 Å². The van der Waals surface area contributed by atoms with E-state index in [-0.39, 0.29) is 12.5 Å². The molecule has 23 heavy (non-hydrogen) atoms. The Morgan fingerprint density at radius 2 is 2.09 bits per heavy atom. The fourth-order valence-electron chi connectivity index (χ4n) is 3.53. The van der Waals surface area contributed by atoms with Gasteiger partial charge in [0, 0.05) is 26.2 Å². The van der Waals surface area contributed by atoms with Crippen LogP contribution in [0.25, 0.3) is 11.0 Å². The summed E-state index contributed by atoms with van der Waals surface area (Å²) in [6.07, 6.45) is 2.97. The molecular formula is C18H25N3O2. The van der Waals surface area contributed by atoms with Crippen LogP contribution in [0.15, 0.2) is 18.2 Å². The van der Waals surface area contributed by atoms with Gasteiger partial charge in [-0.15, -0.1) is 0 Å². The molecule has 0 N–H and O–H groups in total. The van der Waals surface area contributed by atoms with Crippen LogP contribution < -0.4 is 0 Å². The number of methoxy groups -OCH3 is 1. The van der Waals surface area contributed by atoms with Gasteiger partial charge in [-0.25, -0.2) is 4.98 Å². The van der Waals surface area contributed by atoms with Crippen molar-refractivity contribution in [2.24, 2.45) is 0 Å². The molecule has 0 unspecified atom stereocenters. The lowest BCUT2D eigenvalue weighted by atomic mass is 10.0. The zero-order chi connectivity index (χ0) is 16.4. The van der Waals surface area contributed by atoms with E-state index in [1.165, 1.54) is 11.1 Å². The van der Waals surface area contributed by atoms with E-state index in [0.717, 1.165) is 43.7 Å². The number of likely N-dealkylation sites (tertiary alicyclic amines) is 1. The predicted molar refractivity (Wildman–Crippen MR) is 90.6 cm³/mol. The first-order valence-electron chi connectivity index (χ1n) is 8.38. The number of imidazole rings is 1. The summed E-state index contributed by atoms with van der Waals surface area (Å²) in [5.74, 6) is 1.15. The highest BCUT2D eigenvalue weighted by Gasteiger charge is 2.25. The summed E-state index contributed by atoms with van der Waals surface area (Å²) in [6, 6.07) is 6.95. The Morgan fingerprint density at radius 1 is 1.35 bits per heavy atom. The van der Waals surface area contributed by atoms with Gasteiger partial charge in [0.1, 0.15) is 12.4 Å². The van der Waals surface area contributed by atoms with Crippen molar-refractivity contribution in [1.82, 2.24) is 14.5 Å². The maximum atomic E-state index is 11.9. The molecule has 1 amide bonds. The molecule has 1 aromatic heterocycles. The number of fused-ring (bicyclic) bond motifs is 1. The maximum Gasteiger partial charge on any atom is 0.248 e. The fourth-order valence-corrected chi connectivity index (χ4v) is 3.53. The lowest BCUT2D eigenvalue weighted by Crippen LogP contribution is -2.40. The molecule has 3 rings (SSSR count). The highest BCUT2D eigenvalue weighted by atomic mass is 16.5. The topological polar surface area (TPSA) is 47.4 Å². The molecule has 5 heteroatoms. The molecule has 0 radical (unpaired) electrons. The Bertz CT molecular complexity index is 700. The molecule has 0 saturated carbocycles. The smallest absolute Gasteiger partial charge is 0.248 e. The zero-order valence-corrected chi connectivity index (χ0v) is 14.2. The molecule has 0 aliphatic carbocycles. The molecule has 124 valence electrons. The molecule has 1 aromatic carbocycles. The summed E-state index contributed by atoms with van der Waals surface area (Å²) in [4.78, 5) is 18.6. The third kappa shape index (κ3) is 3.11. The Kier molecular flexibility index (Phi) is 4.66. The van der Waals surface area contributed by atoms with Gasteiger partial charge in [-0.1, -0.05) is 13.0 Å². The first-order valence-corrected chi connectivity index (χ1v) is 8.38. The number of benzene rings is 1. The van der Waals surface area contributed by atoms with Crippen LogP contribution in [-0.2, 0) is 16.0 Å². The first kappa shape index (κ1) is 16.0. The lowest BCUT2D eigenvalue weighted by Gasteiger charge is -2.33. The molecule has 1 fully saturated rings. The highest BCUT2D eigenvalue weighted by Crippen LogP contribution is 2.29. The van der Waals surface area contributed by atoms with Gasteiger partial charge in [0.25, 0.3) is 0 Å². The molecule has 0 spiro atoms. The number of hydrogen-bond donors (Lipinski definition) is 0. The number of aryl methyl sites for hydroxylation is 2. The van der Waals surface area contributed by atoms with Crippen LogP contribution in [0.2, 0.25) is 0 Å². The predicted octanol–water partition coefficient (Wildman–Crippen LogP) is 2.72. The van der Waals surface area contributed by atoms with Crippen molar-refractivity contribution in [3.63, 3.8) is 0 Å². The summed E-state index contributed by atoms with van der Waals surface area (Å²) in [6.45, 7) is 6.01. The first-order chi connectivity index (χ1) is 11.1. The van der Waals surface area contributed by atoms with Crippen LogP contribution in [-0.4, -0.2) is 47.2 Å². The number of carbonyl (C=O) groups excluding carboxylic acids is 1. The average molecular weight is 315 g/mol. The van der Waals surface area contributed by atoms with Gasteiger partial charge in [0.05, 0.1) is 11.0 Å². The monoisotopic (exact) mass is 315 g/mol. The number of hydrogen-bond acceptors (Lipinski definition) is 3. The Morgan fingerprint density at radius 3 is 2.74 bits per heavy atom. The average Bonchev–Trinajstić information content (AvgIpc) is 2.90. The van der Waals surface area contributed by atoms with E-state index in [2.05, 4.69) is 36.6 Å². The second-order valence-corrected chi connectivity index (χ2v) is 6.25. The fraction of sp³-hybridized carbons (Fsp3) is 0.556. The molecular weight excluding hydrogens is 290 g/mol.